The van der Waals surface area contributed by atoms with Crippen LogP contribution in [0.3, 0.4) is 0 Å². The number of carbonyl (C=O) groups excluding carboxylic acids is 2. The Labute approximate surface area is 133 Å². The van der Waals surface area contributed by atoms with Gasteiger partial charge in [0.25, 0.3) is 0 Å². The maximum atomic E-state index is 13.0. The number of anilines is 1. The van der Waals surface area contributed by atoms with Crippen molar-refractivity contribution in [2.24, 2.45) is 16.2 Å². The molecule has 0 radical (unpaired) electrons. The van der Waals surface area contributed by atoms with Gasteiger partial charge < -0.3 is 5.32 Å². The summed E-state index contributed by atoms with van der Waals surface area (Å²) < 4.78 is 0. The number of rotatable bonds is 2. The van der Waals surface area contributed by atoms with E-state index in [1.165, 1.54) is 0 Å². The smallest absolute Gasteiger partial charge is 0.232 e. The molecular weight excluding hydrogens is 330 g/mol. The van der Waals surface area contributed by atoms with Crippen LogP contribution < -0.4 is 5.32 Å². The second-order valence-electron chi connectivity index (χ2n) is 6.98. The maximum Gasteiger partial charge on any atom is 0.232 e. The molecule has 0 heterocycles. The third-order valence-corrected chi connectivity index (χ3v) is 7.35. The van der Waals surface area contributed by atoms with E-state index in [1.54, 1.807) is 0 Å². The molecule has 1 N–H and O–H groups in total. The number of alkyl halides is 1. The summed E-state index contributed by atoms with van der Waals surface area (Å²) in [6.45, 7) is 6.13. The highest BCUT2D eigenvalue weighted by atomic mass is 79.9. The van der Waals surface area contributed by atoms with E-state index in [-0.39, 0.29) is 17.1 Å². The minimum atomic E-state index is -0.672. The molecule has 2 aliphatic carbocycles. The van der Waals surface area contributed by atoms with E-state index in [0.717, 1.165) is 18.5 Å². The van der Waals surface area contributed by atoms with Crippen LogP contribution in [0.4, 0.5) is 5.69 Å². The second kappa shape index (κ2) is 4.42. The highest BCUT2D eigenvalue weighted by Gasteiger charge is 2.76. The van der Waals surface area contributed by atoms with Crippen LogP contribution >= 0.6 is 15.9 Å². The van der Waals surface area contributed by atoms with Gasteiger partial charge in [-0.25, -0.2) is 0 Å². The van der Waals surface area contributed by atoms with E-state index in [1.807, 2.05) is 37.3 Å². The molecule has 0 saturated heterocycles. The zero-order chi connectivity index (χ0) is 15.5. The van der Waals surface area contributed by atoms with Crippen LogP contribution in [-0.2, 0) is 9.59 Å². The van der Waals surface area contributed by atoms with Crippen molar-refractivity contribution < 1.29 is 9.59 Å². The Bertz CT molecular complexity index is 612. The van der Waals surface area contributed by atoms with Gasteiger partial charge in [0.15, 0.2) is 5.78 Å². The molecule has 0 spiro atoms. The predicted octanol–water partition coefficient (Wildman–Crippen LogP) is 3.78. The van der Waals surface area contributed by atoms with Crippen LogP contribution in [0.25, 0.3) is 0 Å². The van der Waals surface area contributed by atoms with Crippen LogP contribution in [0.15, 0.2) is 30.3 Å². The fourth-order valence-electron chi connectivity index (χ4n) is 4.22. The number of Topliss-reactive ketones (excluding diaryl/α,β-unsaturated/α-hetero) is 1. The second-order valence-corrected chi connectivity index (χ2v) is 7.89. The molecule has 3 unspecified atom stereocenters. The van der Waals surface area contributed by atoms with E-state index in [2.05, 4.69) is 35.1 Å². The number of nitrogens with one attached hydrogen (secondary N) is 1. The Morgan fingerprint density at radius 3 is 2.33 bits per heavy atom. The van der Waals surface area contributed by atoms with Crippen molar-refractivity contribution >= 4 is 33.3 Å². The molecule has 2 fully saturated rings. The summed E-state index contributed by atoms with van der Waals surface area (Å²) in [6.07, 6.45) is 1.53. The van der Waals surface area contributed by atoms with Crippen molar-refractivity contribution in [3.63, 3.8) is 0 Å². The molecule has 112 valence electrons. The first kappa shape index (κ1) is 14.8. The quantitative estimate of drug-likeness (QED) is 0.825. The van der Waals surface area contributed by atoms with Gasteiger partial charge in [-0.2, -0.15) is 0 Å². The van der Waals surface area contributed by atoms with Gasteiger partial charge in [0.2, 0.25) is 5.91 Å². The first-order chi connectivity index (χ1) is 9.77. The van der Waals surface area contributed by atoms with E-state index in [4.69, 9.17) is 0 Å². The van der Waals surface area contributed by atoms with Crippen LogP contribution in [-0.4, -0.2) is 16.5 Å². The zero-order valence-electron chi connectivity index (χ0n) is 12.6. The Morgan fingerprint density at radius 1 is 1.19 bits per heavy atom. The van der Waals surface area contributed by atoms with E-state index < -0.39 is 15.7 Å². The molecule has 21 heavy (non-hydrogen) atoms. The van der Waals surface area contributed by atoms with Crippen molar-refractivity contribution in [2.75, 3.05) is 5.32 Å². The number of para-hydroxylation sites is 1. The molecule has 2 bridgehead atoms. The SMILES string of the molecule is CC12CCC(C(=O)Nc3ccccc3)(C(Br)C1=O)C2(C)C. The summed E-state index contributed by atoms with van der Waals surface area (Å²) in [5.41, 5.74) is -0.672. The Morgan fingerprint density at radius 2 is 1.81 bits per heavy atom. The lowest BCUT2D eigenvalue weighted by atomic mass is 9.64. The van der Waals surface area contributed by atoms with Gasteiger partial charge in [-0.05, 0) is 30.4 Å². The first-order valence-corrected chi connectivity index (χ1v) is 8.24. The molecule has 1 amide bonds. The molecule has 3 atom stereocenters. The number of carbonyl (C=O) groups is 2. The van der Waals surface area contributed by atoms with Gasteiger partial charge in [-0.15, -0.1) is 0 Å². The highest BCUT2D eigenvalue weighted by molar-refractivity contribution is 9.10. The van der Waals surface area contributed by atoms with E-state index >= 15 is 0 Å². The number of amides is 1. The molecule has 2 saturated carbocycles. The third-order valence-electron chi connectivity index (χ3n) is 6.16. The van der Waals surface area contributed by atoms with Gasteiger partial charge >= 0.3 is 0 Å². The average molecular weight is 350 g/mol. The summed E-state index contributed by atoms with van der Waals surface area (Å²) in [6, 6.07) is 9.44. The number of benzene rings is 1. The monoisotopic (exact) mass is 349 g/mol. The Kier molecular flexibility index (Phi) is 3.11. The van der Waals surface area contributed by atoms with E-state index in [9.17, 15) is 9.59 Å². The molecule has 4 heteroatoms. The molecule has 1 aromatic rings. The number of halogens is 1. The largest absolute Gasteiger partial charge is 0.326 e. The lowest BCUT2D eigenvalue weighted by molar-refractivity contribution is -0.130. The minimum absolute atomic E-state index is 0.0462. The Hall–Kier alpha value is -1.16. The van der Waals surface area contributed by atoms with Crippen molar-refractivity contribution in [2.45, 2.75) is 38.4 Å². The summed E-state index contributed by atoms with van der Waals surface area (Å²) in [5, 5.41) is 3.00. The van der Waals surface area contributed by atoms with Gasteiger partial charge in [0.05, 0.1) is 10.2 Å². The van der Waals surface area contributed by atoms with Gasteiger partial charge in [0.1, 0.15) is 0 Å². The molecule has 3 nitrogen and oxygen atoms in total. The van der Waals surface area contributed by atoms with Crippen molar-refractivity contribution in [3.8, 4) is 0 Å². The van der Waals surface area contributed by atoms with Crippen LogP contribution in [0.1, 0.15) is 33.6 Å². The Balaban J connectivity index is 2.00. The lowest BCUT2D eigenvalue weighted by Gasteiger charge is -2.39. The average Bonchev–Trinajstić information content (AvgIpc) is 2.72. The fraction of sp³-hybridized carbons (Fsp3) is 0.529. The van der Waals surface area contributed by atoms with Gasteiger partial charge in [0, 0.05) is 11.1 Å². The lowest BCUT2D eigenvalue weighted by Crippen LogP contribution is -2.47. The molecular formula is C17H20BrNO2. The number of hydrogen-bond donors (Lipinski definition) is 1. The standard InChI is InChI=1S/C17H20BrNO2/c1-15(2)16(3)9-10-17(15,12(18)13(16)20)14(21)19-11-7-5-4-6-8-11/h4-8,12H,9-10H2,1-3H3,(H,19,21). The van der Waals surface area contributed by atoms with Gasteiger partial charge in [-0.3, -0.25) is 9.59 Å². The summed E-state index contributed by atoms with van der Waals surface area (Å²) in [4.78, 5) is 25.3. The van der Waals surface area contributed by atoms with Crippen molar-refractivity contribution in [1.29, 1.82) is 0 Å². The number of hydrogen-bond acceptors (Lipinski definition) is 2. The number of ketones is 1. The zero-order valence-corrected chi connectivity index (χ0v) is 14.2. The molecule has 2 aliphatic rings. The minimum Gasteiger partial charge on any atom is -0.326 e. The third kappa shape index (κ3) is 1.60. The van der Waals surface area contributed by atoms with E-state index in [0.29, 0.717) is 0 Å². The summed E-state index contributed by atoms with van der Waals surface area (Å²) in [7, 11) is 0. The highest BCUT2D eigenvalue weighted by Crippen LogP contribution is 2.72. The van der Waals surface area contributed by atoms with Crippen LogP contribution in [0.5, 0.6) is 0 Å². The summed E-state index contributed by atoms with van der Waals surface area (Å²) in [5.74, 6) is 0.122. The topological polar surface area (TPSA) is 46.2 Å². The fourth-order valence-corrected chi connectivity index (χ4v) is 5.73. The maximum absolute atomic E-state index is 13.0. The predicted molar refractivity (Wildman–Crippen MR) is 86.3 cm³/mol. The van der Waals surface area contributed by atoms with Crippen molar-refractivity contribution in [1.82, 2.24) is 0 Å². The van der Waals surface area contributed by atoms with Crippen molar-refractivity contribution in [3.05, 3.63) is 30.3 Å². The normalized spacial score (nSPS) is 36.8. The summed E-state index contributed by atoms with van der Waals surface area (Å²) >= 11 is 3.53. The van der Waals surface area contributed by atoms with Gasteiger partial charge in [-0.1, -0.05) is 54.9 Å². The molecule has 0 aliphatic heterocycles. The molecule has 0 aromatic heterocycles. The van der Waals surface area contributed by atoms with Crippen LogP contribution in [0, 0.1) is 16.2 Å². The van der Waals surface area contributed by atoms with Crippen LogP contribution in [0.2, 0.25) is 0 Å². The first-order valence-electron chi connectivity index (χ1n) is 7.32. The molecule has 1 aromatic carbocycles. The number of fused-ring (bicyclic) bond motifs is 2. The molecule has 3 rings (SSSR count).